The molecule has 0 bridgehead atoms. The van der Waals surface area contributed by atoms with Crippen molar-refractivity contribution in [3.63, 3.8) is 0 Å². The number of carboxylic acids is 1. The van der Waals surface area contributed by atoms with Crippen LogP contribution >= 0.6 is 0 Å². The van der Waals surface area contributed by atoms with E-state index in [1.54, 1.807) is 36.5 Å². The van der Waals surface area contributed by atoms with Crippen molar-refractivity contribution in [1.82, 2.24) is 41.9 Å². The van der Waals surface area contributed by atoms with Crippen LogP contribution in [0.2, 0.25) is 0 Å². The van der Waals surface area contributed by atoms with Gasteiger partial charge in [-0.1, -0.05) is 30.3 Å². The largest absolute Gasteiger partial charge is 0.457 e. The van der Waals surface area contributed by atoms with Gasteiger partial charge < -0.3 is 95.3 Å². The molecule has 21 N–H and O–H groups in total. The molecule has 0 aliphatic carbocycles. The van der Waals surface area contributed by atoms with Crippen molar-refractivity contribution in [2.45, 2.75) is 81.6 Å². The van der Waals surface area contributed by atoms with Gasteiger partial charge in [-0.15, -0.1) is 0 Å². The average molecular weight is 953 g/mol. The van der Waals surface area contributed by atoms with E-state index >= 15 is 0 Å². The van der Waals surface area contributed by atoms with Crippen molar-refractivity contribution < 1.29 is 79.9 Å². The van der Waals surface area contributed by atoms with Crippen LogP contribution in [-0.4, -0.2) is 113 Å². The summed E-state index contributed by atoms with van der Waals surface area (Å²) in [5.74, 6) is -6.41. The number of aliphatic carboxylic acids is 1. The SMILES string of the molecule is NC(N)=NCCC[C@@H]1NC(=O)[C@H](CCCCNC(=O)C(N)Cc2cnc[nH]2)NC(=O)[C@H](Cc2ccccc2)NC(=O)[C@H](CC(=O)[O-])NC(=O)CNC1=O.O.[99Tc].[C-]#[O+].[CH3-].[CH3-].[OH3+].[OH3+]. The summed E-state index contributed by atoms with van der Waals surface area (Å²) in [5.41, 5.74) is 18.1. The number of hydrogen-bond donors (Lipinski definition) is 10. The van der Waals surface area contributed by atoms with Gasteiger partial charge in [0.2, 0.25) is 35.4 Å². The van der Waals surface area contributed by atoms with E-state index in [1.807, 2.05) is 0 Å². The number of carboxylic acid groups (broad SMARTS) is 1. The summed E-state index contributed by atoms with van der Waals surface area (Å²) < 4.78 is 7.50. The van der Waals surface area contributed by atoms with Crippen LogP contribution in [0.1, 0.15) is 49.8 Å². The van der Waals surface area contributed by atoms with Crippen molar-refractivity contribution in [3.05, 3.63) is 75.6 Å². The van der Waals surface area contributed by atoms with E-state index in [4.69, 9.17) is 21.9 Å². The number of aromatic nitrogens is 2. The van der Waals surface area contributed by atoms with Crippen LogP contribution in [0.5, 0.6) is 0 Å². The van der Waals surface area contributed by atoms with E-state index in [2.05, 4.69) is 53.5 Å². The quantitative estimate of drug-likeness (QED) is 0.0247. The van der Waals surface area contributed by atoms with Crippen LogP contribution in [0.15, 0.2) is 47.8 Å². The maximum absolute atomic E-state index is 13.8. The maximum Gasteiger partial charge on any atom is -0.358 e. The number of aliphatic imine (C=N–C) groups is 1. The molecule has 1 radical (unpaired) electrons. The Bertz CT molecular complexity index is 1650. The number of aromatic amines is 1. The molecule has 1 fully saturated rings. The minimum absolute atomic E-state index is 0. The third-order valence-electron chi connectivity index (χ3n) is 8.12. The predicted octanol–water partition coefficient (Wildman–Crippen LogP) is -6.74. The fourth-order valence-electron chi connectivity index (χ4n) is 5.37. The van der Waals surface area contributed by atoms with E-state index in [0.717, 1.165) is 0 Å². The molecule has 3 rings (SSSR count). The molecule has 2 aromatic rings. The third-order valence-corrected chi connectivity index (χ3v) is 8.12. The van der Waals surface area contributed by atoms with Crippen LogP contribution < -0.4 is 54.2 Å². The topological polar surface area (TPSA) is 451 Å². The molecule has 1 aliphatic heterocycles. The molecule has 1 unspecified atom stereocenters. The Kier molecular flexibility index (Phi) is 37.0. The Morgan fingerprint density at radius 3 is 2.00 bits per heavy atom. The standard InChI is InChI=1S/C33H48N12O8.CO.2CH3.3H2O.Tc/c34-21(14-20-16-37-18-41-20)28(49)38-11-5-4-9-23-30(51)43-22(10-6-12-39-33(35)36)29(50)40-17-26(46)42-25(15-27(47)48)32(53)45-24(31(52)44-23)13-19-7-2-1-3-8-19;1-2;;;;;;/h1-3,7-8,16,18,21-25H,4-6,9-15,17,34H2,(H,37,41)(H,38,49)(H,40,50)(H,42,46)(H,43,51)(H,44,52)(H,45,53)(H,47,48)(H4,35,36,39);;2*1H3;3*1H2;/q;;2*-1;;;;/p+1/t21?,22-,23-,24-,25-;;;;;;;/m0......./s1/i;;;;;;;1+1. The molecule has 6 amide bonds. The Balaban J connectivity index is -0.00000129. The first kappa shape index (κ1) is 64.4. The van der Waals surface area contributed by atoms with Gasteiger partial charge in [0.1, 0.15) is 24.2 Å². The molecule has 2 heterocycles. The van der Waals surface area contributed by atoms with Gasteiger partial charge in [-0.2, -0.15) is 0 Å². The number of unbranched alkanes of at least 4 members (excludes halogenated alkanes) is 1. The number of carbonyl (C=O) groups excluding carboxylic acids is 7. The summed E-state index contributed by atoms with van der Waals surface area (Å²) >= 11 is 0. The smallest absolute Gasteiger partial charge is 0.358 e. The van der Waals surface area contributed by atoms with Crippen LogP contribution in [0.4, 0.5) is 0 Å². The molecule has 1 saturated heterocycles. The van der Waals surface area contributed by atoms with Crippen molar-refractivity contribution in [2.24, 2.45) is 22.2 Å². The second-order valence-corrected chi connectivity index (χ2v) is 12.4. The molecule has 24 nitrogen and oxygen atoms in total. The summed E-state index contributed by atoms with van der Waals surface area (Å²) in [7, 11) is 0. The number of nitrogens with two attached hydrogens (primary N) is 3. The van der Waals surface area contributed by atoms with Crippen molar-refractivity contribution in [2.75, 3.05) is 19.6 Å². The number of imidazole rings is 1. The first-order valence-electron chi connectivity index (χ1n) is 17.3. The summed E-state index contributed by atoms with van der Waals surface area (Å²) in [6.07, 6.45) is 3.34. The first-order chi connectivity index (χ1) is 26.3. The maximum atomic E-state index is 13.8. The molecule has 345 valence electrons. The molecule has 1 aliphatic rings. The van der Waals surface area contributed by atoms with Gasteiger partial charge in [-0.3, -0.25) is 33.8 Å². The number of benzene rings is 1. The zero-order chi connectivity index (χ0) is 40.8. The molecule has 25 heteroatoms. The van der Waals surface area contributed by atoms with Crippen LogP contribution in [0.25, 0.3) is 0 Å². The number of carbonyl (C=O) groups is 7. The van der Waals surface area contributed by atoms with Gasteiger partial charge in [-0.25, -0.2) is 4.98 Å². The third kappa shape index (κ3) is 24.8. The van der Waals surface area contributed by atoms with E-state index < -0.39 is 84.6 Å². The second-order valence-electron chi connectivity index (χ2n) is 12.4. The Morgan fingerprint density at radius 1 is 0.869 bits per heavy atom. The van der Waals surface area contributed by atoms with Crippen LogP contribution in [-0.2, 0) is 82.1 Å². The van der Waals surface area contributed by atoms with Gasteiger partial charge in [0.25, 0.3) is 0 Å². The number of nitrogens with one attached hydrogen (secondary N) is 7. The molecule has 0 saturated carbocycles. The minimum atomic E-state index is -1.66. The van der Waals surface area contributed by atoms with Crippen LogP contribution in [0, 0.1) is 21.5 Å². The van der Waals surface area contributed by atoms with E-state index in [-0.39, 0.29) is 103 Å². The Hall–Kier alpha value is -5.78. The van der Waals surface area contributed by atoms with E-state index in [0.29, 0.717) is 24.1 Å². The predicted molar refractivity (Wildman–Crippen MR) is 218 cm³/mol. The number of nitrogens with zero attached hydrogens (tertiary/aromatic N) is 2. The zero-order valence-electron chi connectivity index (χ0n) is 34.0. The molecular weight excluding hydrogens is 891 g/mol. The zero-order valence-corrected chi connectivity index (χ0v) is 35.9. The van der Waals surface area contributed by atoms with Gasteiger partial charge >= 0.3 is 11.3 Å². The van der Waals surface area contributed by atoms with Crippen LogP contribution in [0.3, 0.4) is 0 Å². The summed E-state index contributed by atoms with van der Waals surface area (Å²) in [4.78, 5) is 102. The van der Waals surface area contributed by atoms with Crippen molar-refractivity contribution >= 4 is 47.4 Å². The molecule has 1 aromatic carbocycles. The summed E-state index contributed by atoms with van der Waals surface area (Å²) in [6.45, 7) is 4.17. The van der Waals surface area contributed by atoms with Crippen molar-refractivity contribution in [3.8, 4) is 0 Å². The van der Waals surface area contributed by atoms with Gasteiger partial charge in [-0.05, 0) is 37.7 Å². The molecule has 0 spiro atoms. The van der Waals surface area contributed by atoms with Gasteiger partial charge in [0.05, 0.1) is 18.9 Å². The van der Waals surface area contributed by atoms with Crippen molar-refractivity contribution in [1.29, 1.82) is 0 Å². The summed E-state index contributed by atoms with van der Waals surface area (Å²) in [5, 5.41) is 26.7. The monoisotopic (exact) mass is 952 g/mol. The molecule has 61 heavy (non-hydrogen) atoms. The Morgan fingerprint density at radius 2 is 1.43 bits per heavy atom. The van der Waals surface area contributed by atoms with E-state index in [1.165, 1.54) is 6.33 Å². The average Bonchev–Trinajstić information content (AvgIpc) is 3.67. The molecular formula is C36H61N12O12Tc-. The number of rotatable bonds is 16. The second kappa shape index (κ2) is 35.0. The Labute approximate surface area is 367 Å². The fraction of sp³-hybridized carbons (Fsp3) is 0.444. The molecule has 1 aromatic heterocycles. The normalized spacial score (nSPS) is 17.9. The minimum Gasteiger partial charge on any atom is -0.457 e. The number of hydrogen-bond acceptors (Lipinski definition) is 11. The molecule has 5 atom stereocenters. The first-order valence-corrected chi connectivity index (χ1v) is 17.3. The summed E-state index contributed by atoms with van der Waals surface area (Å²) in [6, 6.07) is 2.37. The van der Waals surface area contributed by atoms with Gasteiger partial charge in [0.15, 0.2) is 5.96 Å². The number of guanidine groups is 1. The number of amides is 6. The van der Waals surface area contributed by atoms with E-state index in [9.17, 15) is 38.7 Å². The fourth-order valence-corrected chi connectivity index (χ4v) is 5.37. The van der Waals surface area contributed by atoms with Gasteiger partial charge in [0, 0.05) is 70.3 Å². The number of H-pyrrole nitrogens is 1.